The van der Waals surface area contributed by atoms with Crippen molar-refractivity contribution in [3.8, 4) is 11.5 Å². The van der Waals surface area contributed by atoms with Crippen LogP contribution in [0.3, 0.4) is 0 Å². The van der Waals surface area contributed by atoms with E-state index in [-0.39, 0.29) is 12.2 Å². The fourth-order valence-electron chi connectivity index (χ4n) is 3.37. The highest BCUT2D eigenvalue weighted by Gasteiger charge is 2.24. The van der Waals surface area contributed by atoms with E-state index in [1.54, 1.807) is 0 Å². The molecule has 0 bridgehead atoms. The van der Waals surface area contributed by atoms with Crippen molar-refractivity contribution in [2.45, 2.75) is 58.3 Å². The first-order valence-electron chi connectivity index (χ1n) is 9.43. The largest absolute Gasteiger partial charge is 0.441 e. The van der Waals surface area contributed by atoms with E-state index in [0.717, 1.165) is 42.7 Å². The lowest BCUT2D eigenvalue weighted by Gasteiger charge is -2.29. The topological polar surface area (TPSA) is 93.2 Å². The average Bonchev–Trinajstić information content (AvgIpc) is 3.05. The molecule has 7 heteroatoms. The van der Waals surface area contributed by atoms with Gasteiger partial charge in [-0.2, -0.15) is 0 Å². The lowest BCUT2D eigenvalue weighted by Crippen LogP contribution is -2.29. The van der Waals surface area contributed by atoms with Gasteiger partial charge in [0.25, 0.3) is 0 Å². The molecule has 1 aromatic heterocycles. The summed E-state index contributed by atoms with van der Waals surface area (Å²) in [6, 6.07) is 8.12. The first kappa shape index (κ1) is 19.4. The number of rotatable bonds is 8. The Labute approximate surface area is 159 Å². The summed E-state index contributed by atoms with van der Waals surface area (Å²) in [7, 11) is 0. The normalized spacial score (nSPS) is 19.6. The molecule has 144 valence electrons. The van der Waals surface area contributed by atoms with Crippen LogP contribution in [-0.2, 0) is 16.1 Å². The fourth-order valence-corrected chi connectivity index (χ4v) is 3.37. The molecule has 1 fully saturated rings. The molecule has 0 aliphatic heterocycles. The number of hydrogen-bond donors (Lipinski definition) is 0. The summed E-state index contributed by atoms with van der Waals surface area (Å²) < 4.78 is 17.7. The first-order valence-corrected chi connectivity index (χ1v) is 9.43. The minimum atomic E-state index is 0.154. The van der Waals surface area contributed by atoms with Gasteiger partial charge in [-0.05, 0) is 57.2 Å². The van der Waals surface area contributed by atoms with Crippen molar-refractivity contribution in [3.05, 3.63) is 51.7 Å². The van der Waals surface area contributed by atoms with Crippen LogP contribution in [0.2, 0.25) is 0 Å². The number of ether oxygens (including phenoxy) is 2. The summed E-state index contributed by atoms with van der Waals surface area (Å²) >= 11 is 0. The van der Waals surface area contributed by atoms with Gasteiger partial charge in [-0.1, -0.05) is 22.8 Å². The van der Waals surface area contributed by atoms with Gasteiger partial charge in [-0.15, -0.1) is 0 Å². The number of aromatic nitrogens is 1. The first-order chi connectivity index (χ1) is 13.2. The minimum absolute atomic E-state index is 0.154. The van der Waals surface area contributed by atoms with Gasteiger partial charge in [0.2, 0.25) is 5.89 Å². The van der Waals surface area contributed by atoms with Gasteiger partial charge in [0.1, 0.15) is 11.5 Å². The molecule has 2 aromatic rings. The molecule has 0 radical (unpaired) electrons. The maximum Gasteiger partial charge on any atom is 0.226 e. The highest BCUT2D eigenvalue weighted by Crippen LogP contribution is 2.26. The highest BCUT2D eigenvalue weighted by atomic mass is 16.5. The number of aryl methyl sites for hydroxylation is 2. The molecule has 0 spiro atoms. The Morgan fingerprint density at radius 3 is 2.85 bits per heavy atom. The highest BCUT2D eigenvalue weighted by molar-refractivity contribution is 5.54. The van der Waals surface area contributed by atoms with E-state index < -0.39 is 0 Å². The van der Waals surface area contributed by atoms with Gasteiger partial charge in [0, 0.05) is 17.0 Å². The molecule has 27 heavy (non-hydrogen) atoms. The van der Waals surface area contributed by atoms with Gasteiger partial charge in [0.05, 0.1) is 25.4 Å². The summed E-state index contributed by atoms with van der Waals surface area (Å²) in [5.74, 6) is 1.43. The third-order valence-electron chi connectivity index (χ3n) is 4.80. The van der Waals surface area contributed by atoms with Crippen LogP contribution in [0.25, 0.3) is 21.9 Å². The van der Waals surface area contributed by atoms with Gasteiger partial charge in [-0.3, -0.25) is 0 Å². The molecule has 2 atom stereocenters. The number of azide groups is 1. The number of hydrogen-bond acceptors (Lipinski definition) is 5. The summed E-state index contributed by atoms with van der Waals surface area (Å²) in [4.78, 5) is 7.36. The smallest absolute Gasteiger partial charge is 0.226 e. The molecule has 1 aromatic carbocycles. The summed E-state index contributed by atoms with van der Waals surface area (Å²) in [6.45, 7) is 5.25. The predicted octanol–water partition coefficient (Wildman–Crippen LogP) is 5.11. The Hall–Kier alpha value is -2.34. The molecular formula is C20H26N4O3. The standard InChI is InChI=1S/C20H26N4O3/c1-14-5-3-6-16(11-14)20-23-19(15(2)27-20)13-26-18-8-4-7-17(12-18)25-10-9-22-24-21/h3,5-6,11,17-18H,4,7-10,12-13H2,1-2H3/t17-,18+/m0/s1. The Morgan fingerprint density at radius 2 is 2.07 bits per heavy atom. The lowest BCUT2D eigenvalue weighted by atomic mass is 9.95. The second-order valence-corrected chi connectivity index (χ2v) is 6.94. The molecule has 0 amide bonds. The summed E-state index contributed by atoms with van der Waals surface area (Å²) in [6.07, 6.45) is 4.30. The Balaban J connectivity index is 1.53. The van der Waals surface area contributed by atoms with Crippen molar-refractivity contribution in [3.63, 3.8) is 0 Å². The SMILES string of the molecule is Cc1cccc(-c2nc(CO[C@@H]3CCC[C@H](OCCN=[N+]=[N-])C3)c(C)o2)c1. The summed E-state index contributed by atoms with van der Waals surface area (Å²) in [5.41, 5.74) is 11.3. The van der Waals surface area contributed by atoms with E-state index in [4.69, 9.17) is 19.4 Å². The van der Waals surface area contributed by atoms with Crippen LogP contribution in [0.1, 0.15) is 42.7 Å². The van der Waals surface area contributed by atoms with Crippen molar-refractivity contribution in [2.75, 3.05) is 13.2 Å². The average molecular weight is 370 g/mol. The van der Waals surface area contributed by atoms with Gasteiger partial charge in [0.15, 0.2) is 0 Å². The fraction of sp³-hybridized carbons (Fsp3) is 0.550. The number of nitrogens with zero attached hydrogens (tertiary/aromatic N) is 4. The van der Waals surface area contributed by atoms with E-state index in [1.807, 2.05) is 19.1 Å². The maximum atomic E-state index is 8.30. The lowest BCUT2D eigenvalue weighted by molar-refractivity contribution is -0.0492. The molecule has 1 heterocycles. The van der Waals surface area contributed by atoms with Crippen LogP contribution in [0.15, 0.2) is 33.8 Å². The third-order valence-corrected chi connectivity index (χ3v) is 4.80. The van der Waals surface area contributed by atoms with E-state index in [2.05, 4.69) is 34.1 Å². The van der Waals surface area contributed by atoms with Gasteiger partial charge >= 0.3 is 0 Å². The summed E-state index contributed by atoms with van der Waals surface area (Å²) in [5, 5.41) is 3.50. The zero-order valence-corrected chi connectivity index (χ0v) is 15.9. The monoisotopic (exact) mass is 370 g/mol. The molecule has 0 unspecified atom stereocenters. The van der Waals surface area contributed by atoms with Crippen LogP contribution in [0.4, 0.5) is 0 Å². The molecule has 3 rings (SSSR count). The molecule has 1 aliphatic rings. The van der Waals surface area contributed by atoms with E-state index in [1.165, 1.54) is 5.56 Å². The number of oxazole rings is 1. The van der Waals surface area contributed by atoms with Crippen molar-refractivity contribution >= 4 is 0 Å². The zero-order valence-electron chi connectivity index (χ0n) is 15.9. The van der Waals surface area contributed by atoms with Crippen LogP contribution >= 0.6 is 0 Å². The van der Waals surface area contributed by atoms with E-state index >= 15 is 0 Å². The predicted molar refractivity (Wildman–Crippen MR) is 102 cm³/mol. The van der Waals surface area contributed by atoms with Crippen molar-refractivity contribution in [2.24, 2.45) is 5.11 Å². The van der Waals surface area contributed by atoms with Crippen molar-refractivity contribution < 1.29 is 13.9 Å². The van der Waals surface area contributed by atoms with E-state index in [9.17, 15) is 0 Å². The molecule has 0 N–H and O–H groups in total. The van der Waals surface area contributed by atoms with Crippen molar-refractivity contribution in [1.29, 1.82) is 0 Å². The second-order valence-electron chi connectivity index (χ2n) is 6.94. The van der Waals surface area contributed by atoms with E-state index in [0.29, 0.717) is 25.6 Å². The molecule has 7 nitrogen and oxygen atoms in total. The third kappa shape index (κ3) is 5.57. The number of benzene rings is 1. The van der Waals surface area contributed by atoms with Gasteiger partial charge < -0.3 is 13.9 Å². The molecule has 1 aliphatic carbocycles. The molecule has 1 saturated carbocycles. The molecular weight excluding hydrogens is 344 g/mol. The Bertz CT molecular complexity index is 798. The maximum absolute atomic E-state index is 8.30. The van der Waals surface area contributed by atoms with Gasteiger partial charge in [-0.25, -0.2) is 4.98 Å². The molecule has 0 saturated heterocycles. The zero-order chi connectivity index (χ0) is 19.1. The quantitative estimate of drug-likeness (QED) is 0.279. The van der Waals surface area contributed by atoms with Crippen LogP contribution in [0.5, 0.6) is 0 Å². The second kappa shape index (κ2) is 9.55. The minimum Gasteiger partial charge on any atom is -0.441 e. The van der Waals surface area contributed by atoms with Crippen molar-refractivity contribution in [1.82, 2.24) is 4.98 Å². The van der Waals surface area contributed by atoms with Crippen LogP contribution < -0.4 is 0 Å². The Kier molecular flexibility index (Phi) is 6.87. The Morgan fingerprint density at radius 1 is 1.26 bits per heavy atom. The van der Waals surface area contributed by atoms with Crippen LogP contribution in [-0.4, -0.2) is 30.3 Å². The van der Waals surface area contributed by atoms with Crippen LogP contribution in [0, 0.1) is 13.8 Å².